The van der Waals surface area contributed by atoms with Gasteiger partial charge in [-0.1, -0.05) is 18.2 Å². The summed E-state index contributed by atoms with van der Waals surface area (Å²) in [5, 5.41) is 0. The molecule has 0 fully saturated rings. The van der Waals surface area contributed by atoms with Crippen LogP contribution in [0.15, 0.2) is 59.6 Å². The summed E-state index contributed by atoms with van der Waals surface area (Å²) in [5.74, 6) is 0.740. The summed E-state index contributed by atoms with van der Waals surface area (Å²) in [6.07, 6.45) is 1.73. The van der Waals surface area contributed by atoms with Crippen molar-refractivity contribution in [3.63, 3.8) is 0 Å². The molecule has 0 saturated heterocycles. The van der Waals surface area contributed by atoms with Crippen molar-refractivity contribution in [1.82, 2.24) is 4.98 Å². The van der Waals surface area contributed by atoms with Gasteiger partial charge < -0.3 is 9.47 Å². The summed E-state index contributed by atoms with van der Waals surface area (Å²) >= 11 is 0. The normalized spacial score (nSPS) is 14.8. The largest absolute Gasteiger partial charge is 0.493 e. The number of methoxy groups -OCH3 is 2. The third-order valence-electron chi connectivity index (χ3n) is 5.31. The number of urea groups is 1. The summed E-state index contributed by atoms with van der Waals surface area (Å²) < 4.78 is 38.3. The first kappa shape index (κ1) is 21.6. The van der Waals surface area contributed by atoms with Crippen LogP contribution in [0.1, 0.15) is 16.8 Å². The van der Waals surface area contributed by atoms with Gasteiger partial charge in [0.15, 0.2) is 11.5 Å². The van der Waals surface area contributed by atoms with Crippen LogP contribution in [0.3, 0.4) is 0 Å². The van der Waals surface area contributed by atoms with Gasteiger partial charge in [0.05, 0.1) is 37.8 Å². The number of hydrogen-bond acceptors (Lipinski definition) is 6. The molecule has 2 heterocycles. The zero-order chi connectivity index (χ0) is 23.0. The van der Waals surface area contributed by atoms with E-state index in [1.165, 1.54) is 37.3 Å². The molecule has 32 heavy (non-hydrogen) atoms. The first-order valence-corrected chi connectivity index (χ1v) is 11.3. The van der Waals surface area contributed by atoms with E-state index in [2.05, 4.69) is 4.98 Å². The molecule has 166 valence electrons. The summed E-state index contributed by atoms with van der Waals surface area (Å²) in [6, 6.07) is 12.3. The Kier molecular flexibility index (Phi) is 5.52. The van der Waals surface area contributed by atoms with Crippen LogP contribution in [0, 0.1) is 13.8 Å². The molecule has 1 aliphatic rings. The molecule has 0 saturated carbocycles. The van der Waals surface area contributed by atoms with Crippen molar-refractivity contribution in [3.8, 4) is 11.5 Å². The van der Waals surface area contributed by atoms with Gasteiger partial charge in [-0.2, -0.15) is 4.31 Å². The van der Waals surface area contributed by atoms with E-state index in [1.54, 1.807) is 30.5 Å². The highest BCUT2D eigenvalue weighted by atomic mass is 32.2. The number of para-hydroxylation sites is 1. The molecule has 3 aromatic rings. The Bertz CT molecular complexity index is 1310. The van der Waals surface area contributed by atoms with E-state index in [4.69, 9.17) is 9.47 Å². The summed E-state index contributed by atoms with van der Waals surface area (Å²) in [4.78, 5) is 19.5. The maximum Gasteiger partial charge on any atom is 0.343 e. The summed E-state index contributed by atoms with van der Waals surface area (Å²) in [5.41, 5.74) is 3.08. The van der Waals surface area contributed by atoms with E-state index in [9.17, 15) is 13.2 Å². The molecule has 9 heteroatoms. The predicted molar refractivity (Wildman–Crippen MR) is 121 cm³/mol. The second kappa shape index (κ2) is 8.16. The first-order valence-electron chi connectivity index (χ1n) is 9.88. The fraction of sp³-hybridized carbons (Fsp3) is 0.217. The number of fused-ring (bicyclic) bond motifs is 1. The Morgan fingerprint density at radius 1 is 0.969 bits per heavy atom. The number of carbonyl (C=O) groups excluding carboxylic acids is 1. The lowest BCUT2D eigenvalue weighted by Crippen LogP contribution is -2.50. The van der Waals surface area contributed by atoms with Crippen LogP contribution >= 0.6 is 0 Å². The molecule has 0 unspecified atom stereocenters. The second-order valence-electron chi connectivity index (χ2n) is 7.42. The van der Waals surface area contributed by atoms with Gasteiger partial charge in [0.1, 0.15) is 4.90 Å². The molecule has 1 aliphatic heterocycles. The van der Waals surface area contributed by atoms with Crippen LogP contribution < -0.4 is 18.7 Å². The number of amides is 2. The second-order valence-corrected chi connectivity index (χ2v) is 9.18. The zero-order valence-corrected chi connectivity index (χ0v) is 19.0. The minimum atomic E-state index is -4.15. The van der Waals surface area contributed by atoms with Gasteiger partial charge in [0.25, 0.3) is 10.0 Å². The van der Waals surface area contributed by atoms with Crippen LogP contribution in [0.2, 0.25) is 0 Å². The van der Waals surface area contributed by atoms with Crippen LogP contribution in [-0.4, -0.2) is 33.7 Å². The Balaban J connectivity index is 1.87. The monoisotopic (exact) mass is 453 g/mol. The van der Waals surface area contributed by atoms with E-state index in [-0.39, 0.29) is 17.1 Å². The van der Waals surface area contributed by atoms with Gasteiger partial charge in [-0.25, -0.2) is 13.2 Å². The number of anilines is 2. The number of aryl methyl sites for hydroxylation is 2. The van der Waals surface area contributed by atoms with E-state index < -0.39 is 16.1 Å². The lowest BCUT2D eigenvalue weighted by Gasteiger charge is -2.36. The SMILES string of the molecule is COc1ccc(N2C(=O)N(Cc3ncc(C)cc3C)c3ccccc3S2(=O)=O)cc1OC. The third-order valence-corrected chi connectivity index (χ3v) is 7.06. The Morgan fingerprint density at radius 2 is 1.69 bits per heavy atom. The molecule has 0 bridgehead atoms. The molecule has 2 amide bonds. The van der Waals surface area contributed by atoms with Gasteiger partial charge in [-0.15, -0.1) is 0 Å². The van der Waals surface area contributed by atoms with Crippen LogP contribution in [0.5, 0.6) is 11.5 Å². The van der Waals surface area contributed by atoms with Crippen molar-refractivity contribution in [3.05, 3.63) is 71.5 Å². The van der Waals surface area contributed by atoms with Crippen LogP contribution in [0.4, 0.5) is 16.2 Å². The number of nitrogens with zero attached hydrogens (tertiary/aromatic N) is 3. The number of carbonyl (C=O) groups is 1. The highest BCUT2D eigenvalue weighted by Crippen LogP contribution is 2.40. The first-order chi connectivity index (χ1) is 15.3. The van der Waals surface area contributed by atoms with Crippen molar-refractivity contribution in [2.75, 3.05) is 23.4 Å². The lowest BCUT2D eigenvalue weighted by atomic mass is 10.1. The van der Waals surface area contributed by atoms with Crippen molar-refractivity contribution < 1.29 is 22.7 Å². The molecular formula is C23H23N3O5S. The number of rotatable bonds is 5. The number of benzene rings is 2. The Labute approximate surface area is 187 Å². The minimum Gasteiger partial charge on any atom is -0.493 e. The van der Waals surface area contributed by atoms with Crippen molar-refractivity contribution in [2.45, 2.75) is 25.3 Å². The number of hydrogen-bond donors (Lipinski definition) is 0. The van der Waals surface area contributed by atoms with Gasteiger partial charge in [-0.3, -0.25) is 9.88 Å². The fourth-order valence-electron chi connectivity index (χ4n) is 3.72. The zero-order valence-electron chi connectivity index (χ0n) is 18.2. The molecule has 1 aromatic heterocycles. The molecule has 0 radical (unpaired) electrons. The maximum atomic E-state index is 13.6. The quantitative estimate of drug-likeness (QED) is 0.579. The molecule has 0 spiro atoms. The fourth-order valence-corrected chi connectivity index (χ4v) is 5.31. The standard InChI is InChI=1S/C23H23N3O5S/c1-15-11-16(2)18(24-13-15)14-25-19-7-5-6-8-22(19)32(28,29)26(23(25)27)17-9-10-20(30-3)21(12-17)31-4/h5-13H,14H2,1-4H3. The van der Waals surface area contributed by atoms with E-state index >= 15 is 0 Å². The van der Waals surface area contributed by atoms with Crippen molar-refractivity contribution in [2.24, 2.45) is 0 Å². The summed E-state index contributed by atoms with van der Waals surface area (Å²) in [7, 11) is -1.22. The number of ether oxygens (including phenoxy) is 2. The number of aromatic nitrogens is 1. The van der Waals surface area contributed by atoms with Crippen LogP contribution in [0.25, 0.3) is 0 Å². The maximum absolute atomic E-state index is 13.6. The van der Waals surface area contributed by atoms with Crippen molar-refractivity contribution in [1.29, 1.82) is 0 Å². The lowest BCUT2D eigenvalue weighted by molar-refractivity contribution is 0.253. The number of pyridine rings is 1. The van der Waals surface area contributed by atoms with Crippen LogP contribution in [-0.2, 0) is 16.6 Å². The van der Waals surface area contributed by atoms with E-state index in [1.807, 2.05) is 19.9 Å². The molecule has 0 aliphatic carbocycles. The van der Waals surface area contributed by atoms with E-state index in [0.717, 1.165) is 15.4 Å². The van der Waals surface area contributed by atoms with Gasteiger partial charge in [-0.05, 0) is 49.2 Å². The highest BCUT2D eigenvalue weighted by molar-refractivity contribution is 7.94. The van der Waals surface area contributed by atoms with Gasteiger partial charge in [0.2, 0.25) is 0 Å². The van der Waals surface area contributed by atoms with Gasteiger partial charge >= 0.3 is 6.03 Å². The van der Waals surface area contributed by atoms with E-state index in [0.29, 0.717) is 22.9 Å². The molecular weight excluding hydrogens is 430 g/mol. The van der Waals surface area contributed by atoms with Crippen molar-refractivity contribution >= 4 is 27.4 Å². The highest BCUT2D eigenvalue weighted by Gasteiger charge is 2.43. The average molecular weight is 454 g/mol. The smallest absolute Gasteiger partial charge is 0.343 e. The predicted octanol–water partition coefficient (Wildman–Crippen LogP) is 4.05. The minimum absolute atomic E-state index is 0.0409. The molecule has 2 aromatic carbocycles. The number of sulfonamides is 1. The summed E-state index contributed by atoms with van der Waals surface area (Å²) in [6.45, 7) is 3.98. The molecule has 0 N–H and O–H groups in total. The topological polar surface area (TPSA) is 89.0 Å². The average Bonchev–Trinajstić information content (AvgIpc) is 2.77. The Hall–Kier alpha value is -3.59. The Morgan fingerprint density at radius 3 is 2.38 bits per heavy atom. The van der Waals surface area contributed by atoms with Gasteiger partial charge in [0, 0.05) is 12.3 Å². The molecule has 8 nitrogen and oxygen atoms in total. The molecule has 0 atom stereocenters. The molecule has 4 rings (SSSR count). The third kappa shape index (κ3) is 3.54.